The summed E-state index contributed by atoms with van der Waals surface area (Å²) >= 11 is 0. The lowest BCUT2D eigenvalue weighted by molar-refractivity contribution is -0.164. The van der Waals surface area contributed by atoms with Gasteiger partial charge in [-0.25, -0.2) is 4.79 Å². The lowest BCUT2D eigenvalue weighted by atomic mass is 9.91. The summed E-state index contributed by atoms with van der Waals surface area (Å²) in [4.78, 5) is 37.7. The Morgan fingerprint density at radius 2 is 2.00 bits per heavy atom. The normalized spacial score (nSPS) is 28.0. The minimum absolute atomic E-state index is 0.00650. The molecule has 2 N–H and O–H groups in total. The predicted molar refractivity (Wildman–Crippen MR) is 80.7 cm³/mol. The van der Waals surface area contributed by atoms with Crippen molar-refractivity contribution in [3.8, 4) is 0 Å². The fourth-order valence-corrected chi connectivity index (χ4v) is 3.38. The van der Waals surface area contributed by atoms with Gasteiger partial charge in [0, 0.05) is 19.6 Å². The van der Waals surface area contributed by atoms with Crippen LogP contribution in [0.2, 0.25) is 0 Å². The van der Waals surface area contributed by atoms with Crippen LogP contribution in [0.1, 0.15) is 26.2 Å². The maximum Gasteiger partial charge on any atom is 0.406 e. The van der Waals surface area contributed by atoms with Gasteiger partial charge in [0.1, 0.15) is 12.6 Å². The topological polar surface area (TPSA) is 89.9 Å². The molecule has 0 aromatic carbocycles. The van der Waals surface area contributed by atoms with Crippen molar-refractivity contribution in [2.75, 3.05) is 26.2 Å². The van der Waals surface area contributed by atoms with Gasteiger partial charge in [0.05, 0.1) is 5.92 Å². The number of carboxylic acid groups (broad SMARTS) is 1. The third-order valence-electron chi connectivity index (χ3n) is 4.49. The van der Waals surface area contributed by atoms with E-state index in [-0.39, 0.29) is 25.4 Å². The summed E-state index contributed by atoms with van der Waals surface area (Å²) < 4.78 is 37.5. The largest absolute Gasteiger partial charge is 0.481 e. The van der Waals surface area contributed by atoms with Crippen LogP contribution in [0, 0.1) is 11.8 Å². The van der Waals surface area contributed by atoms with Crippen molar-refractivity contribution in [1.82, 2.24) is 15.1 Å². The number of aliphatic carboxylic acids is 1. The van der Waals surface area contributed by atoms with E-state index in [4.69, 9.17) is 5.11 Å². The molecule has 0 saturated carbocycles. The number of alkyl halides is 3. The van der Waals surface area contributed by atoms with Gasteiger partial charge in [-0.15, -0.1) is 0 Å². The fraction of sp³-hybridized carbons (Fsp3) is 0.800. The molecule has 3 atom stereocenters. The van der Waals surface area contributed by atoms with Gasteiger partial charge in [0.2, 0.25) is 5.91 Å². The maximum absolute atomic E-state index is 12.5. The average molecular weight is 365 g/mol. The first kappa shape index (κ1) is 19.3. The molecule has 3 amide bonds. The monoisotopic (exact) mass is 365 g/mol. The lowest BCUT2D eigenvalue weighted by Gasteiger charge is -2.37. The molecule has 7 nitrogen and oxygen atoms in total. The van der Waals surface area contributed by atoms with E-state index in [0.29, 0.717) is 24.3 Å². The Kier molecular flexibility index (Phi) is 5.79. The Morgan fingerprint density at radius 3 is 2.60 bits per heavy atom. The van der Waals surface area contributed by atoms with Gasteiger partial charge < -0.3 is 20.2 Å². The van der Waals surface area contributed by atoms with Gasteiger partial charge in [-0.1, -0.05) is 6.92 Å². The Bertz CT molecular complexity index is 541. The third kappa shape index (κ3) is 5.23. The molecule has 0 bridgehead atoms. The molecular weight excluding hydrogens is 343 g/mol. The first-order chi connectivity index (χ1) is 11.6. The molecule has 0 aromatic rings. The summed E-state index contributed by atoms with van der Waals surface area (Å²) in [5.41, 5.74) is 0. The molecule has 0 aliphatic carbocycles. The average Bonchev–Trinajstić information content (AvgIpc) is 2.49. The van der Waals surface area contributed by atoms with Crippen molar-refractivity contribution in [3.63, 3.8) is 0 Å². The molecule has 10 heteroatoms. The van der Waals surface area contributed by atoms with Crippen molar-refractivity contribution in [2.45, 2.75) is 38.4 Å². The van der Waals surface area contributed by atoms with Crippen molar-refractivity contribution in [1.29, 1.82) is 0 Å². The van der Waals surface area contributed by atoms with E-state index in [1.54, 1.807) is 0 Å². The summed E-state index contributed by atoms with van der Waals surface area (Å²) in [6.07, 6.45) is -3.40. The summed E-state index contributed by atoms with van der Waals surface area (Å²) in [5.74, 6) is -2.44. The van der Waals surface area contributed by atoms with Gasteiger partial charge in [0.15, 0.2) is 0 Å². The number of rotatable bonds is 3. The number of hydrogen-bond donors (Lipinski definition) is 2. The molecule has 0 aromatic heterocycles. The quantitative estimate of drug-likeness (QED) is 0.789. The van der Waals surface area contributed by atoms with Crippen molar-refractivity contribution in [2.24, 2.45) is 11.8 Å². The fourth-order valence-electron chi connectivity index (χ4n) is 3.38. The molecule has 3 unspecified atom stereocenters. The van der Waals surface area contributed by atoms with E-state index in [9.17, 15) is 27.6 Å². The molecule has 2 aliphatic rings. The number of nitrogens with one attached hydrogen (secondary N) is 1. The standard InChI is InChI=1S/C15H22F3N3O4/c1-9-5-10(13(23)24)7-21(6-9)14(25)19-11-3-2-4-20(12(11)22)8-15(16,17)18/h9-11H,2-8H2,1H3,(H,19,25)(H,23,24). The molecule has 2 saturated heterocycles. The highest BCUT2D eigenvalue weighted by molar-refractivity contribution is 5.88. The first-order valence-corrected chi connectivity index (χ1v) is 8.20. The lowest BCUT2D eigenvalue weighted by Crippen LogP contribution is -2.58. The zero-order valence-corrected chi connectivity index (χ0v) is 13.9. The Hall–Kier alpha value is -2.00. The van der Waals surface area contributed by atoms with Crippen LogP contribution in [-0.4, -0.2) is 71.2 Å². The van der Waals surface area contributed by atoms with Gasteiger partial charge in [-0.2, -0.15) is 13.2 Å². The smallest absolute Gasteiger partial charge is 0.406 e. The van der Waals surface area contributed by atoms with Gasteiger partial charge in [-0.05, 0) is 25.2 Å². The Balaban J connectivity index is 1.97. The first-order valence-electron chi connectivity index (χ1n) is 8.20. The van der Waals surface area contributed by atoms with E-state index < -0.39 is 42.6 Å². The second-order valence-corrected chi connectivity index (χ2v) is 6.80. The van der Waals surface area contributed by atoms with E-state index in [0.717, 1.165) is 0 Å². The van der Waals surface area contributed by atoms with E-state index in [1.807, 2.05) is 6.92 Å². The molecule has 2 heterocycles. The molecule has 2 rings (SSSR count). The highest BCUT2D eigenvalue weighted by Gasteiger charge is 2.39. The Labute approximate surface area is 143 Å². The zero-order valence-electron chi connectivity index (χ0n) is 13.9. The summed E-state index contributed by atoms with van der Waals surface area (Å²) in [6, 6.07) is -1.62. The van der Waals surface area contributed by atoms with Crippen LogP contribution in [-0.2, 0) is 9.59 Å². The number of amides is 3. The third-order valence-corrected chi connectivity index (χ3v) is 4.49. The number of carboxylic acids is 1. The van der Waals surface area contributed by atoms with E-state index in [2.05, 4.69) is 5.32 Å². The molecule has 0 spiro atoms. The Morgan fingerprint density at radius 1 is 1.32 bits per heavy atom. The van der Waals surface area contributed by atoms with Crippen LogP contribution in [0.3, 0.4) is 0 Å². The van der Waals surface area contributed by atoms with Crippen molar-refractivity contribution >= 4 is 17.9 Å². The highest BCUT2D eigenvalue weighted by Crippen LogP contribution is 2.23. The van der Waals surface area contributed by atoms with Crippen molar-refractivity contribution in [3.05, 3.63) is 0 Å². The zero-order chi connectivity index (χ0) is 18.8. The number of carbonyl (C=O) groups excluding carboxylic acids is 2. The molecule has 0 radical (unpaired) electrons. The van der Waals surface area contributed by atoms with Crippen LogP contribution in [0.5, 0.6) is 0 Å². The van der Waals surface area contributed by atoms with Crippen LogP contribution in [0.4, 0.5) is 18.0 Å². The summed E-state index contributed by atoms with van der Waals surface area (Å²) in [7, 11) is 0. The van der Waals surface area contributed by atoms with Gasteiger partial charge in [0.25, 0.3) is 0 Å². The number of nitrogens with zero attached hydrogens (tertiary/aromatic N) is 2. The van der Waals surface area contributed by atoms with Crippen LogP contribution < -0.4 is 5.32 Å². The number of urea groups is 1. The second kappa shape index (κ2) is 7.49. The van der Waals surface area contributed by atoms with Crippen LogP contribution >= 0.6 is 0 Å². The number of hydrogen-bond acceptors (Lipinski definition) is 3. The maximum atomic E-state index is 12.5. The number of halogens is 3. The van der Waals surface area contributed by atoms with E-state index in [1.165, 1.54) is 4.90 Å². The minimum atomic E-state index is -4.49. The predicted octanol–water partition coefficient (Wildman–Crippen LogP) is 1.29. The molecule has 25 heavy (non-hydrogen) atoms. The van der Waals surface area contributed by atoms with Gasteiger partial charge >= 0.3 is 18.2 Å². The summed E-state index contributed by atoms with van der Waals surface area (Å²) in [5, 5.41) is 11.6. The van der Waals surface area contributed by atoms with Crippen LogP contribution in [0.25, 0.3) is 0 Å². The summed E-state index contributed by atoms with van der Waals surface area (Å²) in [6.45, 7) is 0.875. The van der Waals surface area contributed by atoms with E-state index >= 15 is 0 Å². The molecular formula is C15H22F3N3O4. The number of piperidine rings is 2. The van der Waals surface area contributed by atoms with Crippen molar-refractivity contribution < 1.29 is 32.7 Å². The van der Waals surface area contributed by atoms with Crippen LogP contribution in [0.15, 0.2) is 0 Å². The molecule has 142 valence electrons. The molecule has 2 fully saturated rings. The number of likely N-dealkylation sites (tertiary alicyclic amines) is 2. The highest BCUT2D eigenvalue weighted by atomic mass is 19.4. The van der Waals surface area contributed by atoms with Gasteiger partial charge in [-0.3, -0.25) is 9.59 Å². The second-order valence-electron chi connectivity index (χ2n) is 6.80. The molecule has 2 aliphatic heterocycles. The number of carbonyl (C=O) groups is 3. The minimum Gasteiger partial charge on any atom is -0.481 e. The SMILES string of the molecule is CC1CC(C(=O)O)CN(C(=O)NC2CCCN(CC(F)(F)F)C2=O)C1.